The summed E-state index contributed by atoms with van der Waals surface area (Å²) in [4.78, 5) is 31.0. The fourth-order valence-corrected chi connectivity index (χ4v) is 5.03. The van der Waals surface area contributed by atoms with E-state index in [1.165, 1.54) is 17.3 Å². The Bertz CT molecular complexity index is 1360. The molecule has 34 heavy (non-hydrogen) atoms. The van der Waals surface area contributed by atoms with Gasteiger partial charge < -0.3 is 9.30 Å². The molecule has 0 N–H and O–H groups in total. The Balaban J connectivity index is 1.57. The Morgan fingerprint density at radius 2 is 1.76 bits per heavy atom. The number of methoxy groups -OCH3 is 1. The Hall–Kier alpha value is -3.16. The lowest BCUT2D eigenvalue weighted by atomic mass is 10.2. The molecule has 2 aromatic carbocycles. The first-order chi connectivity index (χ1) is 16.5. The number of carbonyl (C=O) groups excluding carboxylic acids is 1. The molecular formula is C27H29N3O3S. The van der Waals surface area contributed by atoms with Gasteiger partial charge in [0.1, 0.15) is 0 Å². The number of para-hydroxylation sites is 1. The fourth-order valence-electron chi connectivity index (χ4n) is 4.12. The van der Waals surface area contributed by atoms with Gasteiger partial charge >= 0.3 is 0 Å². The molecule has 4 aromatic rings. The summed E-state index contributed by atoms with van der Waals surface area (Å²) >= 11 is 1.32. The third kappa shape index (κ3) is 5.16. The minimum Gasteiger partial charge on any atom is -0.385 e. The van der Waals surface area contributed by atoms with E-state index in [4.69, 9.17) is 9.72 Å². The van der Waals surface area contributed by atoms with Crippen molar-refractivity contribution in [2.24, 2.45) is 0 Å². The van der Waals surface area contributed by atoms with E-state index in [0.29, 0.717) is 35.6 Å². The highest BCUT2D eigenvalue weighted by atomic mass is 32.2. The Labute approximate surface area is 203 Å². The standard InChI is InChI=1S/C27H29N3O3S/c1-19-16-23(20(2)30(19)17-21-10-5-4-6-11-21)25(31)18-34-27-28-24-13-8-7-12-22(24)26(32)29(27)14-9-15-33-3/h4-8,10-13,16H,9,14-15,17-18H2,1-3H3. The monoisotopic (exact) mass is 475 g/mol. The maximum atomic E-state index is 13.2. The lowest BCUT2D eigenvalue weighted by molar-refractivity contribution is 0.102. The molecule has 2 aromatic heterocycles. The maximum absolute atomic E-state index is 13.2. The van der Waals surface area contributed by atoms with Crippen molar-refractivity contribution in [1.82, 2.24) is 14.1 Å². The number of ketones is 1. The van der Waals surface area contributed by atoms with E-state index in [2.05, 4.69) is 16.7 Å². The molecule has 0 radical (unpaired) electrons. The quantitative estimate of drug-likeness (QED) is 0.142. The summed E-state index contributed by atoms with van der Waals surface area (Å²) in [5.74, 6) is 0.244. The number of Topliss-reactive ketones (excluding diaryl/α,β-unsaturated/α-hetero) is 1. The van der Waals surface area contributed by atoms with Gasteiger partial charge in [0.25, 0.3) is 5.56 Å². The van der Waals surface area contributed by atoms with Gasteiger partial charge in [0, 0.05) is 43.8 Å². The fraction of sp³-hybridized carbons (Fsp3) is 0.296. The van der Waals surface area contributed by atoms with Crippen LogP contribution in [0.25, 0.3) is 10.9 Å². The highest BCUT2D eigenvalue weighted by Crippen LogP contribution is 2.23. The van der Waals surface area contributed by atoms with Gasteiger partial charge in [-0.3, -0.25) is 14.2 Å². The molecule has 0 atom stereocenters. The Kier molecular flexibility index (Phi) is 7.65. The predicted octanol–water partition coefficient (Wildman–Crippen LogP) is 4.87. The first kappa shape index (κ1) is 24.0. The highest BCUT2D eigenvalue weighted by Gasteiger charge is 2.18. The molecule has 0 aliphatic carbocycles. The molecule has 4 rings (SSSR count). The number of aromatic nitrogens is 3. The minimum atomic E-state index is -0.0855. The number of hydrogen-bond donors (Lipinski definition) is 0. The minimum absolute atomic E-state index is 0.0308. The molecule has 0 saturated heterocycles. The van der Waals surface area contributed by atoms with Gasteiger partial charge in [0.2, 0.25) is 0 Å². The largest absolute Gasteiger partial charge is 0.385 e. The van der Waals surface area contributed by atoms with E-state index in [9.17, 15) is 9.59 Å². The van der Waals surface area contributed by atoms with E-state index in [1.807, 2.05) is 56.3 Å². The number of rotatable bonds is 10. The average Bonchev–Trinajstić information content (AvgIpc) is 3.13. The maximum Gasteiger partial charge on any atom is 0.262 e. The van der Waals surface area contributed by atoms with Crippen LogP contribution in [0.15, 0.2) is 70.6 Å². The first-order valence-corrected chi connectivity index (χ1v) is 12.3. The molecule has 0 fully saturated rings. The van der Waals surface area contributed by atoms with Crippen molar-refractivity contribution >= 4 is 28.4 Å². The average molecular weight is 476 g/mol. The summed E-state index contributed by atoms with van der Waals surface area (Å²) in [6.07, 6.45) is 0.693. The summed E-state index contributed by atoms with van der Waals surface area (Å²) < 4.78 is 8.99. The summed E-state index contributed by atoms with van der Waals surface area (Å²) in [7, 11) is 1.64. The summed E-state index contributed by atoms with van der Waals surface area (Å²) in [6.45, 7) is 5.79. The lowest BCUT2D eigenvalue weighted by Crippen LogP contribution is -2.24. The molecular weight excluding hydrogens is 446 g/mol. The molecule has 0 spiro atoms. The van der Waals surface area contributed by atoms with Crippen molar-refractivity contribution in [2.45, 2.75) is 38.5 Å². The molecule has 7 heteroatoms. The van der Waals surface area contributed by atoms with Gasteiger partial charge in [-0.15, -0.1) is 0 Å². The normalized spacial score (nSPS) is 11.3. The van der Waals surface area contributed by atoms with Crippen molar-refractivity contribution in [3.05, 3.63) is 93.5 Å². The summed E-state index contributed by atoms with van der Waals surface area (Å²) in [5, 5.41) is 1.14. The van der Waals surface area contributed by atoms with Gasteiger partial charge in [0.05, 0.1) is 16.7 Å². The van der Waals surface area contributed by atoms with E-state index in [-0.39, 0.29) is 17.1 Å². The van der Waals surface area contributed by atoms with Crippen LogP contribution in [0.1, 0.15) is 33.7 Å². The topological polar surface area (TPSA) is 66.1 Å². The summed E-state index contributed by atoms with van der Waals surface area (Å²) in [6, 6.07) is 19.5. The molecule has 6 nitrogen and oxygen atoms in total. The van der Waals surface area contributed by atoms with Gasteiger partial charge in [-0.2, -0.15) is 0 Å². The molecule has 0 aliphatic heterocycles. The van der Waals surface area contributed by atoms with Crippen molar-refractivity contribution in [3.8, 4) is 0 Å². The molecule has 176 valence electrons. The van der Waals surface area contributed by atoms with E-state index < -0.39 is 0 Å². The molecule has 0 unspecified atom stereocenters. The number of aryl methyl sites for hydroxylation is 1. The lowest BCUT2D eigenvalue weighted by Gasteiger charge is -2.13. The van der Waals surface area contributed by atoms with Crippen molar-refractivity contribution in [3.63, 3.8) is 0 Å². The highest BCUT2D eigenvalue weighted by molar-refractivity contribution is 7.99. The van der Waals surface area contributed by atoms with Crippen LogP contribution in [0.2, 0.25) is 0 Å². The number of thioether (sulfide) groups is 1. The molecule has 0 aliphatic rings. The first-order valence-electron chi connectivity index (χ1n) is 11.3. The van der Waals surface area contributed by atoms with Gasteiger partial charge in [0.15, 0.2) is 10.9 Å². The second-order valence-electron chi connectivity index (χ2n) is 8.28. The number of carbonyl (C=O) groups is 1. The number of benzene rings is 2. The third-order valence-electron chi connectivity index (χ3n) is 5.95. The Morgan fingerprint density at radius 1 is 1.03 bits per heavy atom. The van der Waals surface area contributed by atoms with Crippen molar-refractivity contribution in [2.75, 3.05) is 19.5 Å². The van der Waals surface area contributed by atoms with Crippen LogP contribution in [0.5, 0.6) is 0 Å². The molecule has 2 heterocycles. The van der Waals surface area contributed by atoms with Crippen LogP contribution in [0.3, 0.4) is 0 Å². The van der Waals surface area contributed by atoms with E-state index >= 15 is 0 Å². The number of hydrogen-bond acceptors (Lipinski definition) is 5. The number of nitrogens with zero attached hydrogens (tertiary/aromatic N) is 3. The Morgan fingerprint density at radius 3 is 2.53 bits per heavy atom. The SMILES string of the molecule is COCCCn1c(SCC(=O)c2cc(C)n(Cc3ccccc3)c2C)nc2ccccc2c1=O. The third-order valence-corrected chi connectivity index (χ3v) is 6.92. The molecule has 0 amide bonds. The van der Waals surface area contributed by atoms with Crippen LogP contribution < -0.4 is 5.56 Å². The zero-order valence-electron chi connectivity index (χ0n) is 19.8. The number of ether oxygens (including phenoxy) is 1. The summed E-state index contributed by atoms with van der Waals surface area (Å²) in [5.41, 5.74) is 4.48. The second-order valence-corrected chi connectivity index (χ2v) is 9.23. The van der Waals surface area contributed by atoms with Crippen LogP contribution in [0, 0.1) is 13.8 Å². The molecule has 0 bridgehead atoms. The molecule has 0 saturated carbocycles. The number of fused-ring (bicyclic) bond motifs is 1. The van der Waals surface area contributed by atoms with Crippen LogP contribution in [-0.4, -0.2) is 39.4 Å². The van der Waals surface area contributed by atoms with E-state index in [0.717, 1.165) is 23.5 Å². The second kappa shape index (κ2) is 10.8. The van der Waals surface area contributed by atoms with Gasteiger partial charge in [-0.1, -0.05) is 54.2 Å². The van der Waals surface area contributed by atoms with Gasteiger partial charge in [-0.25, -0.2) is 4.98 Å². The van der Waals surface area contributed by atoms with Crippen molar-refractivity contribution in [1.29, 1.82) is 0 Å². The van der Waals surface area contributed by atoms with Crippen LogP contribution in [-0.2, 0) is 17.8 Å². The zero-order valence-corrected chi connectivity index (χ0v) is 20.6. The van der Waals surface area contributed by atoms with Gasteiger partial charge in [-0.05, 0) is 44.0 Å². The van der Waals surface area contributed by atoms with Crippen molar-refractivity contribution < 1.29 is 9.53 Å². The van der Waals surface area contributed by atoms with E-state index in [1.54, 1.807) is 17.7 Å². The van der Waals surface area contributed by atoms with Crippen LogP contribution >= 0.6 is 11.8 Å². The van der Waals surface area contributed by atoms with Crippen LogP contribution in [0.4, 0.5) is 0 Å². The zero-order chi connectivity index (χ0) is 24.1. The predicted molar refractivity (Wildman–Crippen MR) is 137 cm³/mol. The smallest absolute Gasteiger partial charge is 0.262 e.